The Morgan fingerprint density at radius 2 is 2.00 bits per heavy atom. The fraction of sp³-hybridized carbons (Fsp3) is 0.100. The number of nitro benzene ring substituents is 1. The molecule has 2 aromatic rings. The van der Waals surface area contributed by atoms with Crippen LogP contribution < -0.4 is 14.8 Å². The van der Waals surface area contributed by atoms with E-state index in [2.05, 4.69) is 43.8 Å². The third-order valence-electron chi connectivity index (χ3n) is 3.69. The van der Waals surface area contributed by atoms with Gasteiger partial charge in [0.05, 0.1) is 27.0 Å². The lowest BCUT2D eigenvalue weighted by atomic mass is 10.1. The molecule has 1 amide bonds. The summed E-state index contributed by atoms with van der Waals surface area (Å²) in [6, 6.07) is 9.13. The first-order valence-corrected chi connectivity index (χ1v) is 9.87. The lowest BCUT2D eigenvalue weighted by molar-refractivity contribution is -0.384. The molecule has 30 heavy (non-hydrogen) atoms. The van der Waals surface area contributed by atoms with Crippen molar-refractivity contribution in [3.63, 3.8) is 0 Å². The minimum Gasteiger partial charge on any atom is -0.496 e. The highest BCUT2D eigenvalue weighted by atomic mass is 79.9. The summed E-state index contributed by atoms with van der Waals surface area (Å²) in [4.78, 5) is 23.2. The van der Waals surface area contributed by atoms with Crippen LogP contribution in [0.1, 0.15) is 5.56 Å². The van der Waals surface area contributed by atoms with Crippen LogP contribution in [0.25, 0.3) is 6.08 Å². The zero-order valence-corrected chi connectivity index (χ0v) is 18.8. The summed E-state index contributed by atoms with van der Waals surface area (Å²) in [7, 11) is 1.37. The lowest BCUT2D eigenvalue weighted by Crippen LogP contribution is -2.14. The van der Waals surface area contributed by atoms with Gasteiger partial charge in [-0.25, -0.2) is 0 Å². The van der Waals surface area contributed by atoms with Crippen molar-refractivity contribution in [2.24, 2.45) is 0 Å². The molecule has 10 heteroatoms. The van der Waals surface area contributed by atoms with Crippen molar-refractivity contribution in [1.82, 2.24) is 0 Å². The smallest absolute Gasteiger partial charge is 0.296 e. The van der Waals surface area contributed by atoms with Crippen LogP contribution in [0, 0.1) is 21.4 Å². The number of carbonyl (C=O) groups excluding carboxylic acids is 1. The number of amides is 1. The highest BCUT2D eigenvalue weighted by Crippen LogP contribution is 2.35. The molecular weight excluding hydrogens is 522 g/mol. The number of hydrogen-bond donors (Lipinski definition) is 1. The topological polar surface area (TPSA) is 114 Å². The van der Waals surface area contributed by atoms with Crippen molar-refractivity contribution in [2.45, 2.75) is 0 Å². The third-order valence-corrected chi connectivity index (χ3v) is 4.87. The summed E-state index contributed by atoms with van der Waals surface area (Å²) >= 11 is 6.76. The number of nitriles is 1. The summed E-state index contributed by atoms with van der Waals surface area (Å²) in [5.41, 5.74) is -0.106. The van der Waals surface area contributed by atoms with Gasteiger partial charge in [0.15, 0.2) is 0 Å². The van der Waals surface area contributed by atoms with Crippen molar-refractivity contribution in [2.75, 3.05) is 19.0 Å². The molecule has 0 aliphatic carbocycles. The molecule has 0 saturated carbocycles. The first kappa shape index (κ1) is 23.1. The Morgan fingerprint density at radius 1 is 1.33 bits per heavy atom. The first-order chi connectivity index (χ1) is 14.3. The van der Waals surface area contributed by atoms with E-state index in [-0.39, 0.29) is 22.7 Å². The zero-order chi connectivity index (χ0) is 22.3. The fourth-order valence-corrected chi connectivity index (χ4v) is 3.79. The molecule has 0 atom stereocenters. The molecular formula is C20H15Br2N3O5. The van der Waals surface area contributed by atoms with Gasteiger partial charge < -0.3 is 14.8 Å². The van der Waals surface area contributed by atoms with Crippen molar-refractivity contribution in [3.05, 3.63) is 73.2 Å². The van der Waals surface area contributed by atoms with Gasteiger partial charge in [0.25, 0.3) is 11.6 Å². The van der Waals surface area contributed by atoms with Crippen molar-refractivity contribution < 1.29 is 19.2 Å². The van der Waals surface area contributed by atoms with E-state index in [4.69, 9.17) is 9.47 Å². The number of anilines is 1. The summed E-state index contributed by atoms with van der Waals surface area (Å²) in [5, 5.41) is 23.1. The predicted octanol–water partition coefficient (Wildman–Crippen LogP) is 5.24. The number of nitrogens with one attached hydrogen (secondary N) is 1. The van der Waals surface area contributed by atoms with E-state index >= 15 is 0 Å². The Bertz CT molecular complexity index is 1050. The van der Waals surface area contributed by atoms with E-state index < -0.39 is 10.8 Å². The molecule has 0 spiro atoms. The molecule has 0 bridgehead atoms. The van der Waals surface area contributed by atoms with Crippen molar-refractivity contribution in [1.29, 1.82) is 5.26 Å². The van der Waals surface area contributed by atoms with Gasteiger partial charge in [-0.3, -0.25) is 14.9 Å². The minimum atomic E-state index is -0.787. The number of nitrogens with zero attached hydrogens (tertiary/aromatic N) is 2. The molecule has 0 fully saturated rings. The number of benzene rings is 2. The number of ether oxygens (including phenoxy) is 2. The van der Waals surface area contributed by atoms with Crippen LogP contribution in [0.5, 0.6) is 11.5 Å². The molecule has 0 radical (unpaired) electrons. The quantitative estimate of drug-likeness (QED) is 0.162. The lowest BCUT2D eigenvalue weighted by Gasteiger charge is -2.10. The largest absolute Gasteiger partial charge is 0.496 e. The number of rotatable bonds is 8. The molecule has 0 aromatic heterocycles. The normalized spacial score (nSPS) is 10.7. The maximum absolute atomic E-state index is 12.5. The molecule has 0 unspecified atom stereocenters. The second kappa shape index (κ2) is 10.6. The predicted molar refractivity (Wildman–Crippen MR) is 119 cm³/mol. The van der Waals surface area contributed by atoms with E-state index in [1.54, 1.807) is 18.2 Å². The molecule has 1 N–H and O–H groups in total. The third kappa shape index (κ3) is 5.68. The van der Waals surface area contributed by atoms with Crippen LogP contribution in [0.2, 0.25) is 0 Å². The maximum atomic E-state index is 12.5. The second-order valence-corrected chi connectivity index (χ2v) is 7.39. The Labute approximate surface area is 189 Å². The molecule has 0 aliphatic heterocycles. The molecule has 0 saturated heterocycles. The molecule has 154 valence electrons. The summed E-state index contributed by atoms with van der Waals surface area (Å²) < 4.78 is 11.7. The van der Waals surface area contributed by atoms with Gasteiger partial charge >= 0.3 is 0 Å². The summed E-state index contributed by atoms with van der Waals surface area (Å²) in [6.07, 6.45) is 2.96. The van der Waals surface area contributed by atoms with E-state index in [9.17, 15) is 20.2 Å². The van der Waals surface area contributed by atoms with Gasteiger partial charge in [0, 0.05) is 0 Å². The van der Waals surface area contributed by atoms with Crippen LogP contribution in [0.3, 0.4) is 0 Å². The van der Waals surface area contributed by atoms with Crippen LogP contribution in [0.15, 0.2) is 57.5 Å². The average molecular weight is 537 g/mol. The van der Waals surface area contributed by atoms with Gasteiger partial charge in [-0.05, 0) is 67.8 Å². The summed E-state index contributed by atoms with van der Waals surface area (Å²) in [6.45, 7) is 3.89. The molecule has 8 nitrogen and oxygen atoms in total. The monoisotopic (exact) mass is 535 g/mol. The average Bonchev–Trinajstić information content (AvgIpc) is 2.71. The highest BCUT2D eigenvalue weighted by Gasteiger charge is 2.19. The standard InChI is InChI=1S/C20H15Br2N3O5/c1-3-6-30-19-15(21)8-12(9-16(19)22)7-13(11-23)20(26)24-17-5-4-14(29-2)10-18(17)25(27)28/h3-5,7-10H,1,6H2,2H3,(H,24,26). The Kier molecular flexibility index (Phi) is 8.15. The number of carbonyl (C=O) groups is 1. The fourth-order valence-electron chi connectivity index (χ4n) is 2.34. The highest BCUT2D eigenvalue weighted by molar-refractivity contribution is 9.11. The van der Waals surface area contributed by atoms with Gasteiger partial charge in [-0.1, -0.05) is 12.7 Å². The van der Waals surface area contributed by atoms with Crippen LogP contribution in [-0.4, -0.2) is 24.5 Å². The molecule has 0 heterocycles. The Balaban J connectivity index is 2.33. The van der Waals surface area contributed by atoms with Gasteiger partial charge in [-0.2, -0.15) is 5.26 Å². The molecule has 2 rings (SSSR count). The number of nitro groups is 1. The zero-order valence-electron chi connectivity index (χ0n) is 15.6. The second-order valence-electron chi connectivity index (χ2n) is 5.68. The molecule has 2 aromatic carbocycles. The van der Waals surface area contributed by atoms with Gasteiger partial charge in [0.2, 0.25) is 0 Å². The number of hydrogen-bond acceptors (Lipinski definition) is 6. The van der Waals surface area contributed by atoms with Crippen LogP contribution in [-0.2, 0) is 4.79 Å². The Hall–Kier alpha value is -3.16. The van der Waals surface area contributed by atoms with E-state index in [1.807, 2.05) is 6.07 Å². The maximum Gasteiger partial charge on any atom is 0.296 e. The van der Waals surface area contributed by atoms with Gasteiger partial charge in [-0.15, -0.1) is 0 Å². The SMILES string of the molecule is C=CCOc1c(Br)cc(C=C(C#N)C(=O)Nc2ccc(OC)cc2[N+](=O)[O-])cc1Br. The van der Waals surface area contributed by atoms with Gasteiger partial charge in [0.1, 0.15) is 35.4 Å². The summed E-state index contributed by atoms with van der Waals surface area (Å²) in [5.74, 6) is 0.0260. The van der Waals surface area contributed by atoms with E-state index in [1.165, 1.54) is 31.4 Å². The number of methoxy groups -OCH3 is 1. The first-order valence-electron chi connectivity index (χ1n) is 8.29. The number of halogens is 2. The van der Waals surface area contributed by atoms with Crippen LogP contribution in [0.4, 0.5) is 11.4 Å². The van der Waals surface area contributed by atoms with Crippen LogP contribution >= 0.6 is 31.9 Å². The minimum absolute atomic E-state index is 0.0533. The Morgan fingerprint density at radius 3 is 2.53 bits per heavy atom. The molecule has 0 aliphatic rings. The van der Waals surface area contributed by atoms with E-state index in [0.29, 0.717) is 26.9 Å². The van der Waals surface area contributed by atoms with Crippen molar-refractivity contribution in [3.8, 4) is 17.6 Å². The van der Waals surface area contributed by atoms with Crippen molar-refractivity contribution >= 4 is 55.2 Å². The van der Waals surface area contributed by atoms with E-state index in [0.717, 1.165) is 0 Å².